The molecule has 0 aromatic carbocycles. The largest absolute Gasteiger partial charge is 0.481 e. The van der Waals surface area contributed by atoms with Crippen LogP contribution in [-0.4, -0.2) is 85.5 Å². The highest BCUT2D eigenvalue weighted by molar-refractivity contribution is 5.94. The Labute approximate surface area is 196 Å². The fourth-order valence-electron chi connectivity index (χ4n) is 3.78. The van der Waals surface area contributed by atoms with Gasteiger partial charge in [0.2, 0.25) is 17.7 Å². The Balaban J connectivity index is 2.13. The molecule has 13 nitrogen and oxygen atoms in total. The van der Waals surface area contributed by atoms with Crippen molar-refractivity contribution in [3.05, 3.63) is 18.2 Å². The number of imidazole rings is 1. The number of likely N-dealkylation sites (tertiary alicyclic amines) is 1. The Bertz CT molecular complexity index is 888. The maximum Gasteiger partial charge on any atom is 0.326 e. The number of nitrogens with zero attached hydrogens (tertiary/aromatic N) is 2. The third kappa shape index (κ3) is 7.27. The van der Waals surface area contributed by atoms with Crippen LogP contribution in [0.4, 0.5) is 0 Å². The molecule has 1 aliphatic heterocycles. The standard InChI is InChI=1S/C21H32N6O7/c1-11(2)17(21(33)34)26-18(30)14(8-12-9-23-10-24-12)25-19(31)15-4-3-7-27(15)20(32)13(22)5-6-16(28)29/h9-11,13-15,17H,3-8,22H2,1-2H3,(H,23,24)(H,25,31)(H,26,30)(H,28,29)(H,33,34). The van der Waals surface area contributed by atoms with Crippen LogP contribution in [0.2, 0.25) is 0 Å². The van der Waals surface area contributed by atoms with Crippen molar-refractivity contribution < 1.29 is 34.2 Å². The molecule has 3 amide bonds. The molecule has 13 heteroatoms. The zero-order valence-corrected chi connectivity index (χ0v) is 19.2. The molecule has 1 saturated heterocycles. The van der Waals surface area contributed by atoms with Gasteiger partial charge in [0, 0.05) is 31.3 Å². The van der Waals surface area contributed by atoms with Gasteiger partial charge in [0.25, 0.3) is 0 Å². The SMILES string of the molecule is CC(C)C(NC(=O)C(Cc1cnc[nH]1)NC(=O)C1CCCN1C(=O)C(N)CCC(=O)O)C(=O)O. The topological polar surface area (TPSA) is 208 Å². The first-order valence-corrected chi connectivity index (χ1v) is 11.1. The number of carbonyl (C=O) groups is 5. The van der Waals surface area contributed by atoms with Gasteiger partial charge in [0.15, 0.2) is 0 Å². The van der Waals surface area contributed by atoms with Crippen molar-refractivity contribution in [2.45, 2.75) is 70.1 Å². The van der Waals surface area contributed by atoms with Crippen molar-refractivity contribution in [3.8, 4) is 0 Å². The monoisotopic (exact) mass is 480 g/mol. The van der Waals surface area contributed by atoms with Crippen molar-refractivity contribution in [2.75, 3.05) is 6.54 Å². The van der Waals surface area contributed by atoms with E-state index in [1.807, 2.05) is 0 Å². The molecule has 4 atom stereocenters. The van der Waals surface area contributed by atoms with E-state index in [0.29, 0.717) is 18.5 Å². The molecule has 0 saturated carbocycles. The summed E-state index contributed by atoms with van der Waals surface area (Å²) in [6, 6.07) is -4.20. The number of aromatic amines is 1. The Morgan fingerprint density at radius 1 is 1.24 bits per heavy atom. The number of amides is 3. The molecule has 1 fully saturated rings. The van der Waals surface area contributed by atoms with Gasteiger partial charge in [-0.05, 0) is 25.2 Å². The number of hydrogen-bond donors (Lipinski definition) is 6. The van der Waals surface area contributed by atoms with Gasteiger partial charge in [-0.3, -0.25) is 19.2 Å². The van der Waals surface area contributed by atoms with E-state index in [1.165, 1.54) is 17.4 Å². The second-order valence-electron chi connectivity index (χ2n) is 8.64. The first-order valence-electron chi connectivity index (χ1n) is 11.1. The van der Waals surface area contributed by atoms with Crippen LogP contribution in [-0.2, 0) is 30.4 Å². The summed E-state index contributed by atoms with van der Waals surface area (Å²) in [6.45, 7) is 3.58. The number of aromatic nitrogens is 2. The van der Waals surface area contributed by atoms with Crippen LogP contribution < -0.4 is 16.4 Å². The van der Waals surface area contributed by atoms with Crippen LogP contribution in [0.1, 0.15) is 45.2 Å². The molecule has 2 heterocycles. The number of carboxylic acids is 2. The molecular formula is C21H32N6O7. The van der Waals surface area contributed by atoms with E-state index in [0.717, 1.165) is 0 Å². The minimum absolute atomic E-state index is 0.0286. The average Bonchev–Trinajstić information content (AvgIpc) is 3.46. The van der Waals surface area contributed by atoms with Gasteiger partial charge in [-0.25, -0.2) is 9.78 Å². The van der Waals surface area contributed by atoms with Crippen molar-refractivity contribution in [2.24, 2.45) is 11.7 Å². The lowest BCUT2D eigenvalue weighted by Gasteiger charge is -2.28. The lowest BCUT2D eigenvalue weighted by atomic mass is 10.0. The quantitative estimate of drug-likeness (QED) is 0.213. The lowest BCUT2D eigenvalue weighted by molar-refractivity contribution is -0.144. The number of carboxylic acid groups (broad SMARTS) is 2. The van der Waals surface area contributed by atoms with E-state index >= 15 is 0 Å². The maximum atomic E-state index is 13.1. The van der Waals surface area contributed by atoms with Crippen LogP contribution in [0.3, 0.4) is 0 Å². The number of aliphatic carboxylic acids is 2. The Morgan fingerprint density at radius 2 is 1.94 bits per heavy atom. The van der Waals surface area contributed by atoms with E-state index in [9.17, 15) is 29.1 Å². The fourth-order valence-corrected chi connectivity index (χ4v) is 3.78. The summed E-state index contributed by atoms with van der Waals surface area (Å²) in [5.41, 5.74) is 6.39. The first-order chi connectivity index (χ1) is 16.0. The minimum Gasteiger partial charge on any atom is -0.481 e. The number of hydrogen-bond acceptors (Lipinski definition) is 7. The van der Waals surface area contributed by atoms with Gasteiger partial charge < -0.3 is 36.5 Å². The van der Waals surface area contributed by atoms with Crippen molar-refractivity contribution in [3.63, 3.8) is 0 Å². The summed E-state index contributed by atoms with van der Waals surface area (Å²) in [6.07, 6.45) is 3.49. The highest BCUT2D eigenvalue weighted by atomic mass is 16.4. The highest BCUT2D eigenvalue weighted by Crippen LogP contribution is 2.19. The second-order valence-corrected chi connectivity index (χ2v) is 8.64. The van der Waals surface area contributed by atoms with Crippen LogP contribution in [0.15, 0.2) is 12.5 Å². The molecule has 0 bridgehead atoms. The number of nitrogens with two attached hydrogens (primary N) is 1. The second kappa shape index (κ2) is 12.1. The van der Waals surface area contributed by atoms with E-state index in [1.54, 1.807) is 13.8 Å². The predicted octanol–water partition coefficient (Wildman–Crippen LogP) is -1.15. The summed E-state index contributed by atoms with van der Waals surface area (Å²) >= 11 is 0. The number of carbonyl (C=O) groups excluding carboxylic acids is 3. The molecule has 188 valence electrons. The molecule has 0 spiro atoms. The van der Waals surface area contributed by atoms with E-state index < -0.39 is 53.8 Å². The molecule has 7 N–H and O–H groups in total. The summed E-state index contributed by atoms with van der Waals surface area (Å²) in [7, 11) is 0. The summed E-state index contributed by atoms with van der Waals surface area (Å²) in [4.78, 5) is 69.1. The molecule has 2 rings (SSSR count). The number of nitrogens with one attached hydrogen (secondary N) is 3. The zero-order valence-electron chi connectivity index (χ0n) is 19.2. The predicted molar refractivity (Wildman–Crippen MR) is 118 cm³/mol. The van der Waals surface area contributed by atoms with Gasteiger partial charge in [-0.1, -0.05) is 13.8 Å². The Morgan fingerprint density at radius 3 is 2.50 bits per heavy atom. The molecule has 4 unspecified atom stereocenters. The number of H-pyrrole nitrogens is 1. The van der Waals surface area contributed by atoms with E-state index in [4.69, 9.17) is 10.8 Å². The third-order valence-electron chi connectivity index (χ3n) is 5.67. The van der Waals surface area contributed by atoms with Gasteiger partial charge in [-0.15, -0.1) is 0 Å². The van der Waals surface area contributed by atoms with Crippen molar-refractivity contribution in [1.82, 2.24) is 25.5 Å². The van der Waals surface area contributed by atoms with Crippen molar-refractivity contribution >= 4 is 29.7 Å². The zero-order chi connectivity index (χ0) is 25.4. The van der Waals surface area contributed by atoms with Gasteiger partial charge in [0.1, 0.15) is 18.1 Å². The minimum atomic E-state index is -1.20. The van der Waals surface area contributed by atoms with Crippen LogP contribution in [0.5, 0.6) is 0 Å². The van der Waals surface area contributed by atoms with Crippen LogP contribution >= 0.6 is 0 Å². The molecule has 0 aliphatic carbocycles. The van der Waals surface area contributed by atoms with Crippen molar-refractivity contribution in [1.29, 1.82) is 0 Å². The molecular weight excluding hydrogens is 448 g/mol. The van der Waals surface area contributed by atoms with Crippen LogP contribution in [0.25, 0.3) is 0 Å². The molecule has 1 aromatic rings. The van der Waals surface area contributed by atoms with Gasteiger partial charge in [-0.2, -0.15) is 0 Å². The maximum absolute atomic E-state index is 13.1. The fraction of sp³-hybridized carbons (Fsp3) is 0.619. The van der Waals surface area contributed by atoms with Crippen LogP contribution in [0, 0.1) is 5.92 Å². The summed E-state index contributed by atoms with van der Waals surface area (Å²) < 4.78 is 0. The molecule has 0 radical (unpaired) electrons. The third-order valence-corrected chi connectivity index (χ3v) is 5.67. The van der Waals surface area contributed by atoms with Gasteiger partial charge >= 0.3 is 11.9 Å². The highest BCUT2D eigenvalue weighted by Gasteiger charge is 2.38. The lowest BCUT2D eigenvalue weighted by Crippen LogP contribution is -2.57. The number of rotatable bonds is 12. The first kappa shape index (κ1) is 26.8. The van der Waals surface area contributed by atoms with E-state index in [-0.39, 0.29) is 31.7 Å². The smallest absolute Gasteiger partial charge is 0.326 e. The Kier molecular flexibility index (Phi) is 9.54. The summed E-state index contributed by atoms with van der Waals surface area (Å²) in [5.74, 6) is -4.45. The Hall–Kier alpha value is -3.48. The normalized spacial score (nSPS) is 18.2. The van der Waals surface area contributed by atoms with Gasteiger partial charge in [0.05, 0.1) is 12.4 Å². The summed E-state index contributed by atoms with van der Waals surface area (Å²) in [5, 5.41) is 23.3. The molecule has 1 aliphatic rings. The van der Waals surface area contributed by atoms with E-state index in [2.05, 4.69) is 20.6 Å². The average molecular weight is 481 g/mol. The molecule has 1 aromatic heterocycles. The molecule has 34 heavy (non-hydrogen) atoms.